The molecule has 172 valence electrons. The first-order chi connectivity index (χ1) is 14.5. The van der Waals surface area contributed by atoms with Gasteiger partial charge in [0.25, 0.3) is 0 Å². The van der Waals surface area contributed by atoms with Crippen LogP contribution in [0.1, 0.15) is 58.8 Å². The zero-order valence-corrected chi connectivity index (χ0v) is 18.6. The van der Waals surface area contributed by atoms with Gasteiger partial charge in [-0.2, -0.15) is 0 Å². The van der Waals surface area contributed by atoms with Crippen LogP contribution in [-0.4, -0.2) is 58.3 Å². The van der Waals surface area contributed by atoms with Gasteiger partial charge in [-0.05, 0) is 67.3 Å². The third kappa shape index (κ3) is 3.07. The number of Topliss-reactive ketones (excluding diaryl/α,β-unsaturated/α-hetero) is 1. The molecular weight excluding hydrogens is 400 g/mol. The Labute approximate surface area is 182 Å². The molecule has 4 aliphatic rings. The van der Waals surface area contributed by atoms with Crippen molar-refractivity contribution in [3.05, 3.63) is 11.6 Å². The third-order valence-electron chi connectivity index (χ3n) is 9.45. The average molecular weight is 435 g/mol. The molecule has 3 N–H and O–H groups in total. The summed E-state index contributed by atoms with van der Waals surface area (Å²) in [5, 5.41) is 32.2. The normalized spacial score (nSPS) is 46.5. The summed E-state index contributed by atoms with van der Waals surface area (Å²) in [5.74, 6) is -1.15. The number of methoxy groups -OCH3 is 1. The molecule has 0 unspecified atom stereocenters. The molecule has 0 saturated heterocycles. The molecule has 7 nitrogen and oxygen atoms in total. The second-order valence-electron chi connectivity index (χ2n) is 10.7. The van der Waals surface area contributed by atoms with Crippen LogP contribution in [0.2, 0.25) is 0 Å². The van der Waals surface area contributed by atoms with Gasteiger partial charge in [0.2, 0.25) is 0 Å². The molecule has 4 rings (SSSR count). The number of carbonyl (C=O) groups excluding carboxylic acids is 3. The van der Waals surface area contributed by atoms with Gasteiger partial charge >= 0.3 is 5.97 Å². The second-order valence-corrected chi connectivity index (χ2v) is 10.7. The summed E-state index contributed by atoms with van der Waals surface area (Å²) < 4.78 is 4.92. The molecule has 0 heterocycles. The number of aliphatic hydroxyl groups excluding tert-OH is 2. The Morgan fingerprint density at radius 2 is 1.97 bits per heavy atom. The number of rotatable bonds is 4. The molecule has 4 aliphatic carbocycles. The van der Waals surface area contributed by atoms with Gasteiger partial charge < -0.3 is 20.1 Å². The monoisotopic (exact) mass is 434 g/mol. The summed E-state index contributed by atoms with van der Waals surface area (Å²) in [5.41, 5.74) is -1.98. The molecule has 0 spiro atoms. The third-order valence-corrected chi connectivity index (χ3v) is 9.45. The molecule has 0 aromatic heterocycles. The Balaban J connectivity index is 1.78. The van der Waals surface area contributed by atoms with Crippen LogP contribution in [-0.2, 0) is 19.1 Å². The molecule has 0 aromatic rings. The molecule has 3 saturated carbocycles. The minimum absolute atomic E-state index is 0.000670. The predicted octanol–water partition coefficient (Wildman–Crippen LogP) is 1.57. The van der Waals surface area contributed by atoms with E-state index in [-0.39, 0.29) is 54.7 Å². The van der Waals surface area contributed by atoms with Gasteiger partial charge in [-0.25, -0.2) is 0 Å². The largest absolute Gasteiger partial charge is 0.469 e. The van der Waals surface area contributed by atoms with Gasteiger partial charge in [-0.3, -0.25) is 14.4 Å². The van der Waals surface area contributed by atoms with Crippen LogP contribution in [0.4, 0.5) is 0 Å². The predicted molar refractivity (Wildman–Crippen MR) is 111 cm³/mol. The van der Waals surface area contributed by atoms with Gasteiger partial charge in [0, 0.05) is 11.8 Å². The lowest BCUT2D eigenvalue weighted by atomic mass is 9.43. The fraction of sp³-hybridized carbons (Fsp3) is 0.792. The topological polar surface area (TPSA) is 121 Å². The maximum atomic E-state index is 12.5. The fourth-order valence-electron chi connectivity index (χ4n) is 7.99. The number of fused-ring (bicyclic) bond motifs is 5. The lowest BCUT2D eigenvalue weighted by Crippen LogP contribution is -2.62. The van der Waals surface area contributed by atoms with Crippen molar-refractivity contribution in [1.29, 1.82) is 0 Å². The first-order valence-electron chi connectivity index (χ1n) is 11.4. The van der Waals surface area contributed by atoms with Crippen LogP contribution < -0.4 is 0 Å². The molecule has 31 heavy (non-hydrogen) atoms. The van der Waals surface area contributed by atoms with Crippen LogP contribution in [0, 0.1) is 34.5 Å². The highest BCUT2D eigenvalue weighted by atomic mass is 16.5. The number of ketones is 2. The van der Waals surface area contributed by atoms with E-state index in [1.54, 1.807) is 6.08 Å². The van der Waals surface area contributed by atoms with E-state index >= 15 is 0 Å². The zero-order valence-electron chi connectivity index (χ0n) is 18.6. The van der Waals surface area contributed by atoms with Crippen LogP contribution in [0.15, 0.2) is 11.6 Å². The van der Waals surface area contributed by atoms with Gasteiger partial charge in [0.15, 0.2) is 11.6 Å². The Kier molecular flexibility index (Phi) is 5.47. The number of aliphatic hydroxyl groups is 3. The average Bonchev–Trinajstić information content (AvgIpc) is 2.99. The van der Waals surface area contributed by atoms with Crippen molar-refractivity contribution in [2.75, 3.05) is 13.7 Å². The van der Waals surface area contributed by atoms with Crippen molar-refractivity contribution in [2.24, 2.45) is 34.5 Å². The molecule has 7 heteroatoms. The smallest absolute Gasteiger partial charge is 0.306 e. The zero-order chi connectivity index (χ0) is 22.8. The van der Waals surface area contributed by atoms with Crippen LogP contribution >= 0.6 is 0 Å². The van der Waals surface area contributed by atoms with E-state index in [1.165, 1.54) is 7.11 Å². The highest BCUT2D eigenvalue weighted by Crippen LogP contribution is 2.68. The second kappa shape index (κ2) is 7.49. The summed E-state index contributed by atoms with van der Waals surface area (Å²) in [6.45, 7) is 3.24. The van der Waals surface area contributed by atoms with Gasteiger partial charge in [-0.1, -0.05) is 19.4 Å². The molecule has 8 atom stereocenters. The van der Waals surface area contributed by atoms with E-state index in [0.717, 1.165) is 5.57 Å². The number of carbonyl (C=O) groups is 3. The van der Waals surface area contributed by atoms with E-state index in [2.05, 4.69) is 6.92 Å². The summed E-state index contributed by atoms with van der Waals surface area (Å²) in [6, 6.07) is 0. The maximum Gasteiger partial charge on any atom is 0.306 e. The minimum Gasteiger partial charge on any atom is -0.469 e. The van der Waals surface area contributed by atoms with E-state index in [4.69, 9.17) is 4.74 Å². The van der Waals surface area contributed by atoms with E-state index < -0.39 is 34.9 Å². The van der Waals surface area contributed by atoms with Crippen molar-refractivity contribution >= 4 is 17.5 Å². The van der Waals surface area contributed by atoms with Crippen molar-refractivity contribution in [2.45, 2.75) is 70.5 Å². The summed E-state index contributed by atoms with van der Waals surface area (Å²) in [6.07, 6.45) is 3.93. The Morgan fingerprint density at radius 1 is 1.26 bits per heavy atom. The van der Waals surface area contributed by atoms with Crippen molar-refractivity contribution in [3.63, 3.8) is 0 Å². The van der Waals surface area contributed by atoms with E-state index in [0.29, 0.717) is 25.7 Å². The van der Waals surface area contributed by atoms with E-state index in [9.17, 15) is 29.7 Å². The molecule has 0 aliphatic heterocycles. The molecular formula is C24H34O7. The standard InChI is InChI=1S/C24H34O7/c1-22-6-4-14(26)10-17(22)13(9-20(29)31-3)8-15-16-5-7-24(30,19(28)12-25)23(16,2)11-18(27)21(15)22/h10,13,15-16,18,21,25,27,30H,4-9,11-12H2,1-3H3/t13-,15-,16-,18-,21+,22-,23-,24-/m0/s1. The first kappa shape index (κ1) is 22.6. The lowest BCUT2D eigenvalue weighted by Gasteiger charge is -2.62. The number of esters is 1. The summed E-state index contributed by atoms with van der Waals surface area (Å²) in [7, 11) is 1.35. The summed E-state index contributed by atoms with van der Waals surface area (Å²) >= 11 is 0. The maximum absolute atomic E-state index is 12.5. The van der Waals surface area contributed by atoms with Crippen molar-refractivity contribution in [3.8, 4) is 0 Å². The number of hydrogen-bond donors (Lipinski definition) is 3. The quantitative estimate of drug-likeness (QED) is 0.574. The minimum atomic E-state index is -1.66. The SMILES string of the molecule is COC(=O)C[C@@H]1C[C@@H]2[C@H]([C@@H](O)C[C@@]3(C)[C@H]2CC[C@]3(O)C(=O)CO)[C@@]2(C)CCC(=O)C=C12. The molecule has 0 bridgehead atoms. The van der Waals surface area contributed by atoms with Crippen molar-refractivity contribution < 1.29 is 34.4 Å². The van der Waals surface area contributed by atoms with Crippen LogP contribution in [0.25, 0.3) is 0 Å². The number of allylic oxidation sites excluding steroid dienone is 1. The summed E-state index contributed by atoms with van der Waals surface area (Å²) in [4.78, 5) is 37.0. The fourth-order valence-corrected chi connectivity index (χ4v) is 7.99. The number of ether oxygens (including phenoxy) is 1. The van der Waals surface area contributed by atoms with E-state index in [1.807, 2.05) is 6.92 Å². The van der Waals surface area contributed by atoms with Crippen LogP contribution in [0.5, 0.6) is 0 Å². The van der Waals surface area contributed by atoms with Crippen LogP contribution in [0.3, 0.4) is 0 Å². The Hall–Kier alpha value is -1.57. The molecule has 3 fully saturated rings. The number of hydrogen-bond acceptors (Lipinski definition) is 7. The highest BCUT2D eigenvalue weighted by molar-refractivity contribution is 5.92. The Morgan fingerprint density at radius 3 is 2.61 bits per heavy atom. The van der Waals surface area contributed by atoms with Gasteiger partial charge in [-0.15, -0.1) is 0 Å². The molecule has 0 radical (unpaired) electrons. The lowest BCUT2D eigenvalue weighted by molar-refractivity contribution is -0.185. The Bertz CT molecular complexity index is 834. The van der Waals surface area contributed by atoms with Crippen molar-refractivity contribution in [1.82, 2.24) is 0 Å². The first-order valence-corrected chi connectivity index (χ1v) is 11.4. The highest BCUT2D eigenvalue weighted by Gasteiger charge is 2.69. The molecule has 0 aromatic carbocycles. The van der Waals surface area contributed by atoms with Gasteiger partial charge in [0.1, 0.15) is 12.2 Å². The van der Waals surface area contributed by atoms with Gasteiger partial charge in [0.05, 0.1) is 19.6 Å². The molecule has 0 amide bonds.